The molecule has 1 heterocycles. The van der Waals surface area contributed by atoms with Crippen LogP contribution in [0.15, 0.2) is 18.5 Å². The van der Waals surface area contributed by atoms with E-state index in [0.717, 1.165) is 18.5 Å². The Hall–Kier alpha value is -1.16. The second-order valence-corrected chi connectivity index (χ2v) is 2.84. The third-order valence-electron chi connectivity index (χ3n) is 1.53. The van der Waals surface area contributed by atoms with Crippen molar-refractivity contribution in [2.45, 2.75) is 26.4 Å². The third-order valence-corrected chi connectivity index (χ3v) is 1.53. The van der Waals surface area contributed by atoms with Crippen molar-refractivity contribution in [3.63, 3.8) is 0 Å². The average molecular weight is 166 g/mol. The topological polar surface area (TPSA) is 56.7 Å². The van der Waals surface area contributed by atoms with Crippen LogP contribution in [0.2, 0.25) is 0 Å². The van der Waals surface area contributed by atoms with Crippen LogP contribution in [-0.4, -0.2) is 14.8 Å². The zero-order valence-electron chi connectivity index (χ0n) is 7.32. The van der Waals surface area contributed by atoms with Crippen molar-refractivity contribution >= 4 is 0 Å². The lowest BCUT2D eigenvalue weighted by atomic mass is 10.2. The van der Waals surface area contributed by atoms with Crippen LogP contribution < -0.4 is 5.73 Å². The predicted octanol–water partition coefficient (Wildman–Crippen LogP) is 0.703. The highest BCUT2D eigenvalue weighted by Crippen LogP contribution is 1.98. The summed E-state index contributed by atoms with van der Waals surface area (Å²) in [6, 6.07) is 0. The Morgan fingerprint density at radius 2 is 2.50 bits per heavy atom. The number of aryl methyl sites for hydroxylation is 1. The molecule has 0 aliphatic heterocycles. The number of hydrogen-bond donors (Lipinski definition) is 1. The van der Waals surface area contributed by atoms with E-state index >= 15 is 0 Å². The zero-order valence-corrected chi connectivity index (χ0v) is 7.32. The number of rotatable bonds is 4. The van der Waals surface area contributed by atoms with Gasteiger partial charge in [0.25, 0.3) is 0 Å². The Morgan fingerprint density at radius 1 is 1.75 bits per heavy atom. The monoisotopic (exact) mass is 166 g/mol. The van der Waals surface area contributed by atoms with E-state index in [1.807, 2.05) is 6.92 Å². The molecule has 2 N–H and O–H groups in total. The first-order chi connectivity index (χ1) is 5.72. The van der Waals surface area contributed by atoms with Crippen molar-refractivity contribution < 1.29 is 0 Å². The van der Waals surface area contributed by atoms with E-state index < -0.39 is 0 Å². The van der Waals surface area contributed by atoms with Crippen LogP contribution in [0.5, 0.6) is 0 Å². The van der Waals surface area contributed by atoms with Gasteiger partial charge in [-0.15, -0.1) is 6.58 Å². The van der Waals surface area contributed by atoms with Gasteiger partial charge in [-0.1, -0.05) is 5.57 Å². The summed E-state index contributed by atoms with van der Waals surface area (Å²) in [5.41, 5.74) is 6.52. The van der Waals surface area contributed by atoms with Gasteiger partial charge in [-0.3, -0.25) is 4.68 Å². The molecule has 0 saturated carbocycles. The van der Waals surface area contributed by atoms with E-state index in [0.29, 0.717) is 12.4 Å². The van der Waals surface area contributed by atoms with Crippen LogP contribution in [0.3, 0.4) is 0 Å². The van der Waals surface area contributed by atoms with Gasteiger partial charge in [0.2, 0.25) is 0 Å². The molecule has 0 unspecified atom stereocenters. The minimum atomic E-state index is 0.403. The molecule has 0 aromatic carbocycles. The maximum Gasteiger partial charge on any atom is 0.164 e. The number of nitrogens with zero attached hydrogens (tertiary/aromatic N) is 3. The normalized spacial score (nSPS) is 10.2. The Balaban J connectivity index is 2.47. The van der Waals surface area contributed by atoms with Gasteiger partial charge in [0.05, 0.1) is 6.54 Å². The molecule has 0 saturated heterocycles. The third kappa shape index (κ3) is 2.47. The zero-order chi connectivity index (χ0) is 8.97. The molecule has 12 heavy (non-hydrogen) atoms. The molecular weight excluding hydrogens is 152 g/mol. The van der Waals surface area contributed by atoms with Crippen molar-refractivity contribution in [2.75, 3.05) is 0 Å². The standard InChI is InChI=1S/C8H14N4/c1-7(2)3-4-12-6-10-8(5-9)11-12/h6H,1,3-5,9H2,2H3. The van der Waals surface area contributed by atoms with Crippen LogP contribution >= 0.6 is 0 Å². The van der Waals surface area contributed by atoms with E-state index in [2.05, 4.69) is 16.7 Å². The Bertz CT molecular complexity index is 264. The van der Waals surface area contributed by atoms with Crippen LogP contribution in [0.25, 0.3) is 0 Å². The first kappa shape index (κ1) is 8.93. The van der Waals surface area contributed by atoms with Crippen molar-refractivity contribution in [3.8, 4) is 0 Å². The molecule has 0 bridgehead atoms. The summed E-state index contributed by atoms with van der Waals surface area (Å²) < 4.78 is 1.79. The molecule has 66 valence electrons. The van der Waals surface area contributed by atoms with E-state index in [-0.39, 0.29) is 0 Å². The molecule has 0 aliphatic carbocycles. The summed E-state index contributed by atoms with van der Waals surface area (Å²) >= 11 is 0. The molecule has 1 rings (SSSR count). The molecule has 0 radical (unpaired) electrons. The number of nitrogens with two attached hydrogens (primary N) is 1. The lowest BCUT2D eigenvalue weighted by Crippen LogP contribution is -2.02. The summed E-state index contributed by atoms with van der Waals surface area (Å²) in [5, 5.41) is 4.14. The minimum absolute atomic E-state index is 0.403. The van der Waals surface area contributed by atoms with Crippen molar-refractivity contribution in [2.24, 2.45) is 5.73 Å². The maximum atomic E-state index is 5.36. The molecular formula is C8H14N4. The highest BCUT2D eigenvalue weighted by Gasteiger charge is 1.97. The SMILES string of the molecule is C=C(C)CCn1cnc(CN)n1. The quantitative estimate of drug-likeness (QED) is 0.670. The second kappa shape index (κ2) is 4.01. The molecule has 0 spiro atoms. The van der Waals surface area contributed by atoms with Crippen LogP contribution in [0, 0.1) is 0 Å². The molecule has 1 aromatic heterocycles. The van der Waals surface area contributed by atoms with E-state index in [1.165, 1.54) is 0 Å². The summed E-state index contributed by atoms with van der Waals surface area (Å²) in [5.74, 6) is 0.691. The highest BCUT2D eigenvalue weighted by molar-refractivity contribution is 4.88. The van der Waals surface area contributed by atoms with Gasteiger partial charge >= 0.3 is 0 Å². The number of hydrogen-bond acceptors (Lipinski definition) is 3. The molecule has 0 amide bonds. The van der Waals surface area contributed by atoms with Crippen LogP contribution in [0.4, 0.5) is 0 Å². The first-order valence-corrected chi connectivity index (χ1v) is 3.95. The average Bonchev–Trinajstić information content (AvgIpc) is 2.48. The molecule has 1 aromatic rings. The minimum Gasteiger partial charge on any atom is -0.324 e. The second-order valence-electron chi connectivity index (χ2n) is 2.84. The fraction of sp³-hybridized carbons (Fsp3) is 0.500. The largest absolute Gasteiger partial charge is 0.324 e. The molecule has 4 nitrogen and oxygen atoms in total. The lowest BCUT2D eigenvalue weighted by molar-refractivity contribution is 0.603. The Morgan fingerprint density at radius 3 is 3.00 bits per heavy atom. The van der Waals surface area contributed by atoms with Crippen LogP contribution in [0.1, 0.15) is 19.2 Å². The number of aromatic nitrogens is 3. The van der Waals surface area contributed by atoms with E-state index in [9.17, 15) is 0 Å². The fourth-order valence-corrected chi connectivity index (χ4v) is 0.840. The van der Waals surface area contributed by atoms with Gasteiger partial charge in [0, 0.05) is 6.54 Å². The fourth-order valence-electron chi connectivity index (χ4n) is 0.840. The molecule has 4 heteroatoms. The van der Waals surface area contributed by atoms with Gasteiger partial charge in [0.1, 0.15) is 6.33 Å². The van der Waals surface area contributed by atoms with Gasteiger partial charge in [-0.25, -0.2) is 4.98 Å². The summed E-state index contributed by atoms with van der Waals surface area (Å²) in [6.45, 7) is 7.05. The van der Waals surface area contributed by atoms with Crippen molar-refractivity contribution in [3.05, 3.63) is 24.3 Å². The van der Waals surface area contributed by atoms with Gasteiger partial charge in [-0.2, -0.15) is 5.10 Å². The van der Waals surface area contributed by atoms with E-state index in [4.69, 9.17) is 5.73 Å². The van der Waals surface area contributed by atoms with Crippen molar-refractivity contribution in [1.29, 1.82) is 0 Å². The van der Waals surface area contributed by atoms with Gasteiger partial charge in [-0.05, 0) is 13.3 Å². The van der Waals surface area contributed by atoms with Gasteiger partial charge < -0.3 is 5.73 Å². The van der Waals surface area contributed by atoms with Gasteiger partial charge in [0.15, 0.2) is 5.82 Å². The summed E-state index contributed by atoms with van der Waals surface area (Å²) in [7, 11) is 0. The summed E-state index contributed by atoms with van der Waals surface area (Å²) in [6.07, 6.45) is 2.64. The Kier molecular flexibility index (Phi) is 2.99. The maximum absolute atomic E-state index is 5.36. The smallest absolute Gasteiger partial charge is 0.164 e. The lowest BCUT2D eigenvalue weighted by Gasteiger charge is -1.98. The first-order valence-electron chi connectivity index (χ1n) is 3.95. The van der Waals surface area contributed by atoms with Crippen LogP contribution in [-0.2, 0) is 13.1 Å². The molecule has 0 aliphatic rings. The number of allylic oxidation sites excluding steroid dienone is 1. The Labute approximate surface area is 72.1 Å². The van der Waals surface area contributed by atoms with E-state index in [1.54, 1.807) is 11.0 Å². The highest BCUT2D eigenvalue weighted by atomic mass is 15.3. The predicted molar refractivity (Wildman–Crippen MR) is 47.3 cm³/mol. The summed E-state index contributed by atoms with van der Waals surface area (Å²) in [4.78, 5) is 4.01. The molecule has 0 atom stereocenters. The van der Waals surface area contributed by atoms with Crippen molar-refractivity contribution in [1.82, 2.24) is 14.8 Å². The molecule has 0 fully saturated rings.